The summed E-state index contributed by atoms with van der Waals surface area (Å²) in [5.41, 5.74) is 1.06. The molecule has 122 valence electrons. The third-order valence-electron chi connectivity index (χ3n) is 2.83. The lowest BCUT2D eigenvalue weighted by molar-refractivity contribution is 0.170. The zero-order valence-corrected chi connectivity index (χ0v) is 16.4. The molecule has 0 unspecified atom stereocenters. The number of halogens is 2. The maximum atomic E-state index is 5.62. The second kappa shape index (κ2) is 9.94. The summed E-state index contributed by atoms with van der Waals surface area (Å²) in [5.74, 6) is 2.30. The van der Waals surface area contributed by atoms with E-state index in [1.165, 1.54) is 0 Å². The van der Waals surface area contributed by atoms with E-state index in [1.54, 1.807) is 6.08 Å². The largest absolute Gasteiger partial charge is 0.486 e. The number of benzene rings is 1. The molecule has 0 bridgehead atoms. The van der Waals surface area contributed by atoms with Gasteiger partial charge in [-0.3, -0.25) is 0 Å². The van der Waals surface area contributed by atoms with E-state index in [4.69, 9.17) is 9.47 Å². The van der Waals surface area contributed by atoms with Gasteiger partial charge in [0.25, 0.3) is 0 Å². The average Bonchev–Trinajstić information content (AvgIpc) is 2.50. The smallest absolute Gasteiger partial charge is 0.191 e. The molecule has 0 aliphatic carbocycles. The molecule has 22 heavy (non-hydrogen) atoms. The molecular formula is C15H21BrIN3O2. The summed E-state index contributed by atoms with van der Waals surface area (Å²) in [7, 11) is 0. The number of guanidine groups is 1. The average molecular weight is 482 g/mol. The van der Waals surface area contributed by atoms with Gasteiger partial charge in [-0.2, -0.15) is 0 Å². The predicted molar refractivity (Wildman–Crippen MR) is 104 cm³/mol. The zero-order chi connectivity index (χ0) is 15.1. The summed E-state index contributed by atoms with van der Waals surface area (Å²) in [6.45, 7) is 8.93. The van der Waals surface area contributed by atoms with Crippen LogP contribution < -0.4 is 20.1 Å². The highest BCUT2D eigenvalue weighted by Gasteiger charge is 2.16. The Morgan fingerprint density at radius 1 is 1.36 bits per heavy atom. The lowest BCUT2D eigenvalue weighted by Crippen LogP contribution is -2.37. The minimum atomic E-state index is 0. The molecule has 0 saturated heterocycles. The summed E-state index contributed by atoms with van der Waals surface area (Å²) in [6.07, 6.45) is 1.80. The van der Waals surface area contributed by atoms with E-state index in [0.717, 1.165) is 34.0 Å². The Morgan fingerprint density at radius 2 is 2.14 bits per heavy atom. The minimum Gasteiger partial charge on any atom is -0.486 e. The van der Waals surface area contributed by atoms with Crippen LogP contribution in [0.25, 0.3) is 0 Å². The van der Waals surface area contributed by atoms with Gasteiger partial charge in [0, 0.05) is 13.1 Å². The van der Waals surface area contributed by atoms with E-state index >= 15 is 0 Å². The molecule has 1 aromatic rings. The maximum absolute atomic E-state index is 5.62. The molecule has 1 aliphatic rings. The lowest BCUT2D eigenvalue weighted by Gasteiger charge is -2.20. The second-order valence-electron chi connectivity index (χ2n) is 4.47. The summed E-state index contributed by atoms with van der Waals surface area (Å²) >= 11 is 3.51. The fourth-order valence-corrected chi connectivity index (χ4v) is 2.54. The van der Waals surface area contributed by atoms with Gasteiger partial charge in [-0.05, 0) is 40.5 Å². The van der Waals surface area contributed by atoms with Crippen LogP contribution in [0.5, 0.6) is 11.5 Å². The van der Waals surface area contributed by atoms with Gasteiger partial charge in [0.1, 0.15) is 13.2 Å². The first-order chi connectivity index (χ1) is 10.2. The van der Waals surface area contributed by atoms with E-state index in [-0.39, 0.29) is 24.0 Å². The molecule has 1 aromatic carbocycles. The van der Waals surface area contributed by atoms with Crippen molar-refractivity contribution in [2.24, 2.45) is 4.99 Å². The van der Waals surface area contributed by atoms with E-state index in [1.807, 2.05) is 19.1 Å². The first-order valence-corrected chi connectivity index (χ1v) is 7.75. The van der Waals surface area contributed by atoms with Crippen LogP contribution in [0.2, 0.25) is 0 Å². The second-order valence-corrected chi connectivity index (χ2v) is 5.32. The highest BCUT2D eigenvalue weighted by molar-refractivity contribution is 14.0. The lowest BCUT2D eigenvalue weighted by atomic mass is 10.2. The van der Waals surface area contributed by atoms with Gasteiger partial charge in [-0.15, -0.1) is 30.6 Å². The third kappa shape index (κ3) is 5.35. The van der Waals surface area contributed by atoms with Gasteiger partial charge >= 0.3 is 0 Å². The molecule has 1 aliphatic heterocycles. The third-order valence-corrected chi connectivity index (χ3v) is 3.42. The Hall–Kier alpha value is -0.960. The Bertz CT molecular complexity index is 538. The van der Waals surface area contributed by atoms with Crippen molar-refractivity contribution in [1.82, 2.24) is 10.6 Å². The van der Waals surface area contributed by atoms with Gasteiger partial charge in [0.2, 0.25) is 0 Å². The van der Waals surface area contributed by atoms with Gasteiger partial charge in [0.05, 0.1) is 11.0 Å². The molecule has 0 fully saturated rings. The first-order valence-electron chi connectivity index (χ1n) is 6.95. The van der Waals surface area contributed by atoms with E-state index in [2.05, 4.69) is 38.1 Å². The monoisotopic (exact) mass is 481 g/mol. The minimum absolute atomic E-state index is 0. The molecule has 0 radical (unpaired) electrons. The molecule has 0 saturated carbocycles. The number of nitrogens with zero attached hydrogens (tertiary/aromatic N) is 1. The number of rotatable bonds is 5. The van der Waals surface area contributed by atoms with E-state index in [0.29, 0.717) is 26.3 Å². The molecule has 0 amide bonds. The number of aliphatic imine (C=N–C) groups is 1. The molecule has 2 rings (SSSR count). The van der Waals surface area contributed by atoms with Crippen molar-refractivity contribution in [2.45, 2.75) is 13.5 Å². The topological polar surface area (TPSA) is 54.9 Å². The molecule has 0 atom stereocenters. The molecule has 1 heterocycles. The van der Waals surface area contributed by atoms with Crippen molar-refractivity contribution in [1.29, 1.82) is 0 Å². The summed E-state index contributed by atoms with van der Waals surface area (Å²) < 4.78 is 12.1. The van der Waals surface area contributed by atoms with Crippen molar-refractivity contribution in [3.8, 4) is 11.5 Å². The number of nitrogens with one attached hydrogen (secondary N) is 2. The van der Waals surface area contributed by atoms with Crippen LogP contribution in [0.3, 0.4) is 0 Å². The standard InChI is InChI=1S/C15H20BrN3O2.HI/c1-3-5-18-15(17-4-2)19-10-11-8-12(16)14-13(9-11)20-6-7-21-14;/h3,8-9H,1,4-7,10H2,2H3,(H2,17,18,19);1H. The normalized spacial score (nSPS) is 13.1. The number of hydrogen-bond donors (Lipinski definition) is 2. The van der Waals surface area contributed by atoms with Crippen molar-refractivity contribution < 1.29 is 9.47 Å². The summed E-state index contributed by atoms with van der Waals surface area (Å²) in [5, 5.41) is 6.36. The molecule has 7 heteroatoms. The molecule has 0 spiro atoms. The highest BCUT2D eigenvalue weighted by Crippen LogP contribution is 2.38. The Morgan fingerprint density at radius 3 is 2.86 bits per heavy atom. The van der Waals surface area contributed by atoms with Gasteiger partial charge < -0.3 is 20.1 Å². The summed E-state index contributed by atoms with van der Waals surface area (Å²) in [4.78, 5) is 4.54. The molecule has 5 nitrogen and oxygen atoms in total. The van der Waals surface area contributed by atoms with Crippen molar-refractivity contribution in [3.63, 3.8) is 0 Å². The van der Waals surface area contributed by atoms with Crippen molar-refractivity contribution in [2.75, 3.05) is 26.3 Å². The van der Waals surface area contributed by atoms with E-state index in [9.17, 15) is 0 Å². The fourth-order valence-electron chi connectivity index (χ4n) is 1.94. The number of ether oxygens (including phenoxy) is 2. The van der Waals surface area contributed by atoms with Crippen LogP contribution in [0.4, 0.5) is 0 Å². The molecule has 0 aromatic heterocycles. The van der Waals surface area contributed by atoms with Crippen LogP contribution in [-0.2, 0) is 6.54 Å². The highest BCUT2D eigenvalue weighted by atomic mass is 127. The maximum Gasteiger partial charge on any atom is 0.191 e. The van der Waals surface area contributed by atoms with E-state index < -0.39 is 0 Å². The Kier molecular flexibility index (Phi) is 8.62. The molecular weight excluding hydrogens is 461 g/mol. The van der Waals surface area contributed by atoms with Crippen LogP contribution in [-0.4, -0.2) is 32.3 Å². The quantitative estimate of drug-likeness (QED) is 0.294. The number of hydrogen-bond acceptors (Lipinski definition) is 3. The van der Waals surface area contributed by atoms with Gasteiger partial charge in [0.15, 0.2) is 17.5 Å². The van der Waals surface area contributed by atoms with Crippen LogP contribution in [0.1, 0.15) is 12.5 Å². The Labute approximate surface area is 156 Å². The van der Waals surface area contributed by atoms with Crippen LogP contribution in [0.15, 0.2) is 34.3 Å². The fraction of sp³-hybridized carbons (Fsp3) is 0.400. The predicted octanol–water partition coefficient (Wildman–Crippen LogP) is 3.08. The Balaban J connectivity index is 0.00000242. The van der Waals surface area contributed by atoms with Crippen molar-refractivity contribution >= 4 is 45.9 Å². The SMILES string of the molecule is C=CCNC(=NCc1cc(Br)c2c(c1)OCCO2)NCC.I. The molecule has 2 N–H and O–H groups in total. The number of fused-ring (bicyclic) bond motifs is 1. The van der Waals surface area contributed by atoms with Gasteiger partial charge in [-0.25, -0.2) is 4.99 Å². The van der Waals surface area contributed by atoms with Crippen molar-refractivity contribution in [3.05, 3.63) is 34.8 Å². The van der Waals surface area contributed by atoms with Gasteiger partial charge in [-0.1, -0.05) is 6.08 Å². The van der Waals surface area contributed by atoms with Crippen LogP contribution in [0, 0.1) is 0 Å². The zero-order valence-electron chi connectivity index (χ0n) is 12.5. The summed E-state index contributed by atoms with van der Waals surface area (Å²) in [6, 6.07) is 3.98. The van der Waals surface area contributed by atoms with Crippen LogP contribution >= 0.6 is 39.9 Å². The first kappa shape index (κ1) is 19.1.